The maximum absolute atomic E-state index is 11.9. The third kappa shape index (κ3) is 3.14. The highest BCUT2D eigenvalue weighted by molar-refractivity contribution is 6.29. The molecule has 0 unspecified atom stereocenters. The van der Waals surface area contributed by atoms with Crippen molar-refractivity contribution in [2.75, 3.05) is 5.73 Å². The number of rotatable bonds is 2. The van der Waals surface area contributed by atoms with E-state index in [2.05, 4.69) is 9.72 Å². The van der Waals surface area contributed by atoms with Crippen LogP contribution >= 0.6 is 11.6 Å². The SMILES string of the molecule is NCc1c(N)cc(Cl)nc1OC(F)(F)F. The Bertz CT molecular complexity index is 369. The first kappa shape index (κ1) is 11.9. The van der Waals surface area contributed by atoms with Gasteiger partial charge in [-0.15, -0.1) is 13.2 Å². The molecule has 4 N–H and O–H groups in total. The summed E-state index contributed by atoms with van der Waals surface area (Å²) >= 11 is 5.43. The van der Waals surface area contributed by atoms with Crippen LogP contribution in [0.15, 0.2) is 6.07 Å². The number of hydrogen-bond donors (Lipinski definition) is 2. The Morgan fingerprint density at radius 2 is 2.07 bits per heavy atom. The zero-order valence-corrected chi connectivity index (χ0v) is 8.06. The van der Waals surface area contributed by atoms with E-state index < -0.39 is 12.2 Å². The molecule has 8 heteroatoms. The quantitative estimate of drug-likeness (QED) is 0.773. The molecular formula is C7H7ClF3N3O. The molecule has 0 aliphatic rings. The highest BCUT2D eigenvalue weighted by Gasteiger charge is 2.33. The zero-order chi connectivity index (χ0) is 11.6. The molecule has 0 aromatic carbocycles. The molecule has 0 spiro atoms. The highest BCUT2D eigenvalue weighted by Crippen LogP contribution is 2.29. The number of hydrogen-bond acceptors (Lipinski definition) is 4. The number of nitrogen functional groups attached to an aromatic ring is 1. The highest BCUT2D eigenvalue weighted by atomic mass is 35.5. The van der Waals surface area contributed by atoms with Gasteiger partial charge in [-0.1, -0.05) is 11.6 Å². The summed E-state index contributed by atoms with van der Waals surface area (Å²) < 4.78 is 39.4. The minimum atomic E-state index is -4.85. The summed E-state index contributed by atoms with van der Waals surface area (Å²) in [4.78, 5) is 3.35. The van der Waals surface area contributed by atoms with Crippen molar-refractivity contribution in [3.05, 3.63) is 16.8 Å². The first-order chi connectivity index (χ1) is 6.83. The molecule has 0 saturated carbocycles. The van der Waals surface area contributed by atoms with Crippen LogP contribution in [0.1, 0.15) is 5.56 Å². The van der Waals surface area contributed by atoms with Gasteiger partial charge in [-0.2, -0.15) is 0 Å². The third-order valence-electron chi connectivity index (χ3n) is 1.51. The van der Waals surface area contributed by atoms with Crippen LogP contribution in [0.3, 0.4) is 0 Å². The van der Waals surface area contributed by atoms with E-state index in [4.69, 9.17) is 23.1 Å². The van der Waals surface area contributed by atoms with E-state index in [1.54, 1.807) is 0 Å². The lowest BCUT2D eigenvalue weighted by atomic mass is 10.2. The second-order valence-electron chi connectivity index (χ2n) is 2.57. The molecule has 1 aromatic heterocycles. The van der Waals surface area contributed by atoms with Crippen molar-refractivity contribution in [1.82, 2.24) is 4.98 Å². The molecule has 1 heterocycles. The summed E-state index contributed by atoms with van der Waals surface area (Å²) in [5.74, 6) is -0.713. The molecule has 0 saturated heterocycles. The van der Waals surface area contributed by atoms with Crippen LogP contribution in [0, 0.1) is 0 Å². The van der Waals surface area contributed by atoms with Gasteiger partial charge in [-0.25, -0.2) is 4.98 Å². The Kier molecular flexibility index (Phi) is 3.25. The van der Waals surface area contributed by atoms with Crippen molar-refractivity contribution in [2.45, 2.75) is 12.9 Å². The summed E-state index contributed by atoms with van der Waals surface area (Å²) in [5, 5.41) is -0.191. The van der Waals surface area contributed by atoms with E-state index in [-0.39, 0.29) is 22.9 Å². The Balaban J connectivity index is 3.15. The smallest absolute Gasteiger partial charge is 0.398 e. The molecule has 0 aliphatic carbocycles. The number of nitrogens with zero attached hydrogens (tertiary/aromatic N) is 1. The lowest BCUT2D eigenvalue weighted by Crippen LogP contribution is -2.20. The standard InChI is InChI=1S/C7H7ClF3N3O/c8-5-1-4(13)3(2-12)6(14-5)15-7(9,10)11/h1H,2,12H2,(H2,13,14). The lowest BCUT2D eigenvalue weighted by Gasteiger charge is -2.12. The largest absolute Gasteiger partial charge is 0.574 e. The van der Waals surface area contributed by atoms with E-state index in [9.17, 15) is 13.2 Å². The molecule has 1 aromatic rings. The number of pyridine rings is 1. The molecule has 1 rings (SSSR count). The Labute approximate surface area is 88.0 Å². The molecule has 0 atom stereocenters. The molecule has 84 valence electrons. The van der Waals surface area contributed by atoms with Gasteiger partial charge >= 0.3 is 6.36 Å². The monoisotopic (exact) mass is 241 g/mol. The van der Waals surface area contributed by atoms with Gasteiger partial charge in [-0.3, -0.25) is 0 Å². The van der Waals surface area contributed by atoms with E-state index in [1.165, 1.54) is 6.07 Å². The van der Waals surface area contributed by atoms with Crippen LogP contribution in [-0.2, 0) is 6.54 Å². The van der Waals surface area contributed by atoms with Gasteiger partial charge in [0.25, 0.3) is 0 Å². The fourth-order valence-electron chi connectivity index (χ4n) is 0.935. The average molecular weight is 242 g/mol. The van der Waals surface area contributed by atoms with Gasteiger partial charge in [-0.05, 0) is 6.07 Å². The third-order valence-corrected chi connectivity index (χ3v) is 1.70. The van der Waals surface area contributed by atoms with Gasteiger partial charge in [0.05, 0.1) is 5.56 Å². The van der Waals surface area contributed by atoms with Crippen LogP contribution in [0.4, 0.5) is 18.9 Å². The van der Waals surface area contributed by atoms with Gasteiger partial charge < -0.3 is 16.2 Å². The number of aromatic nitrogens is 1. The van der Waals surface area contributed by atoms with E-state index >= 15 is 0 Å². The van der Waals surface area contributed by atoms with Crippen molar-refractivity contribution in [3.63, 3.8) is 0 Å². The number of anilines is 1. The minimum Gasteiger partial charge on any atom is -0.398 e. The van der Waals surface area contributed by atoms with Crippen LogP contribution in [0.2, 0.25) is 5.15 Å². The Hall–Kier alpha value is -1.21. The molecule has 0 fully saturated rings. The first-order valence-electron chi connectivity index (χ1n) is 3.74. The predicted octanol–water partition coefficient (Wildman–Crippen LogP) is 1.67. The molecular weight excluding hydrogens is 235 g/mol. The second kappa shape index (κ2) is 4.11. The van der Waals surface area contributed by atoms with Crippen molar-refractivity contribution >= 4 is 17.3 Å². The van der Waals surface area contributed by atoms with Crippen LogP contribution in [0.5, 0.6) is 5.88 Å². The molecule has 0 amide bonds. The number of ether oxygens (including phenoxy) is 1. The van der Waals surface area contributed by atoms with E-state index in [1.807, 2.05) is 0 Å². The summed E-state index contributed by atoms with van der Waals surface area (Å²) in [6.45, 7) is -0.221. The van der Waals surface area contributed by atoms with Gasteiger partial charge in [0.1, 0.15) is 5.15 Å². The molecule has 0 radical (unpaired) electrons. The zero-order valence-electron chi connectivity index (χ0n) is 7.31. The Morgan fingerprint density at radius 1 is 1.47 bits per heavy atom. The fourth-order valence-corrected chi connectivity index (χ4v) is 1.13. The Morgan fingerprint density at radius 3 is 2.53 bits per heavy atom. The van der Waals surface area contributed by atoms with Gasteiger partial charge in [0.2, 0.25) is 5.88 Å². The summed E-state index contributed by atoms with van der Waals surface area (Å²) in [6.07, 6.45) is -4.85. The van der Waals surface area contributed by atoms with Crippen LogP contribution < -0.4 is 16.2 Å². The lowest BCUT2D eigenvalue weighted by molar-refractivity contribution is -0.276. The van der Waals surface area contributed by atoms with Gasteiger partial charge in [0.15, 0.2) is 0 Å². The summed E-state index contributed by atoms with van der Waals surface area (Å²) in [6, 6.07) is 1.20. The topological polar surface area (TPSA) is 74.2 Å². The van der Waals surface area contributed by atoms with Crippen molar-refractivity contribution in [1.29, 1.82) is 0 Å². The number of halogens is 4. The average Bonchev–Trinajstić information content (AvgIpc) is 1.99. The van der Waals surface area contributed by atoms with E-state index in [0.29, 0.717) is 0 Å². The molecule has 15 heavy (non-hydrogen) atoms. The first-order valence-corrected chi connectivity index (χ1v) is 4.12. The summed E-state index contributed by atoms with van der Waals surface area (Å²) in [5.41, 5.74) is 10.6. The molecule has 4 nitrogen and oxygen atoms in total. The predicted molar refractivity (Wildman–Crippen MR) is 48.2 cm³/mol. The van der Waals surface area contributed by atoms with Gasteiger partial charge in [0, 0.05) is 12.2 Å². The van der Waals surface area contributed by atoms with Crippen molar-refractivity contribution in [2.24, 2.45) is 5.73 Å². The van der Waals surface area contributed by atoms with E-state index in [0.717, 1.165) is 0 Å². The minimum absolute atomic E-state index is 0.0109. The maximum atomic E-state index is 11.9. The fraction of sp³-hybridized carbons (Fsp3) is 0.286. The second-order valence-corrected chi connectivity index (χ2v) is 2.96. The van der Waals surface area contributed by atoms with Crippen molar-refractivity contribution in [3.8, 4) is 5.88 Å². The van der Waals surface area contributed by atoms with Crippen LogP contribution in [0.25, 0.3) is 0 Å². The molecule has 0 bridgehead atoms. The number of nitrogens with two attached hydrogens (primary N) is 2. The normalized spacial score (nSPS) is 11.5. The van der Waals surface area contributed by atoms with Crippen molar-refractivity contribution < 1.29 is 17.9 Å². The molecule has 0 aliphatic heterocycles. The maximum Gasteiger partial charge on any atom is 0.574 e. The van der Waals surface area contributed by atoms with Crippen LogP contribution in [-0.4, -0.2) is 11.3 Å². The summed E-state index contributed by atoms with van der Waals surface area (Å²) in [7, 11) is 0. The number of alkyl halides is 3.